The van der Waals surface area contributed by atoms with Crippen LogP contribution in [0.5, 0.6) is 0 Å². The van der Waals surface area contributed by atoms with E-state index in [0.29, 0.717) is 36.1 Å². The Morgan fingerprint density at radius 1 is 0.800 bits per heavy atom. The van der Waals surface area contributed by atoms with Gasteiger partial charge in [0.1, 0.15) is 24.4 Å². The number of nitrogens with zero attached hydrogens (tertiary/aromatic N) is 1. The Balaban J connectivity index is 1.43. The smallest absolute Gasteiger partial charge is 0.262 e. The number of benzene rings is 3. The van der Waals surface area contributed by atoms with E-state index in [1.807, 2.05) is 60.7 Å². The Labute approximate surface area is 241 Å². The summed E-state index contributed by atoms with van der Waals surface area (Å²) in [5.41, 5.74) is 2.47. The van der Waals surface area contributed by atoms with Crippen LogP contribution >= 0.6 is 15.9 Å². The molecule has 0 unspecified atom stereocenters. The second-order valence-electron chi connectivity index (χ2n) is 9.73. The number of amides is 2. The van der Waals surface area contributed by atoms with Gasteiger partial charge in [0.15, 0.2) is 6.29 Å². The van der Waals surface area contributed by atoms with Gasteiger partial charge in [-0.05, 0) is 29.7 Å². The molecule has 0 spiro atoms. The van der Waals surface area contributed by atoms with E-state index in [1.165, 1.54) is 0 Å². The molecule has 2 aliphatic rings. The van der Waals surface area contributed by atoms with Crippen molar-refractivity contribution in [3.8, 4) is 0 Å². The first-order chi connectivity index (χ1) is 19.6. The number of rotatable bonds is 12. The monoisotopic (exact) mass is 609 g/mol. The van der Waals surface area contributed by atoms with Gasteiger partial charge in [0.05, 0.1) is 37.6 Å². The molecule has 5 rings (SSSR count). The lowest BCUT2D eigenvalue weighted by Crippen LogP contribution is -2.66. The van der Waals surface area contributed by atoms with Crippen LogP contribution in [0.3, 0.4) is 0 Å². The number of carbonyl (C=O) groups is 2. The molecule has 210 valence electrons. The molecule has 1 N–H and O–H groups in total. The number of alkyl halides is 1. The van der Waals surface area contributed by atoms with Crippen molar-refractivity contribution in [3.63, 3.8) is 0 Å². The predicted octanol–water partition coefficient (Wildman–Crippen LogP) is 4.34. The summed E-state index contributed by atoms with van der Waals surface area (Å²) < 4.78 is 24.6. The summed E-state index contributed by atoms with van der Waals surface area (Å²) in [7, 11) is 0. The minimum atomic E-state index is -1.20. The van der Waals surface area contributed by atoms with Crippen molar-refractivity contribution in [2.45, 2.75) is 50.3 Å². The largest absolute Gasteiger partial charge is 0.388 e. The summed E-state index contributed by atoms with van der Waals surface area (Å²) in [6.45, 7) is 0.872. The molecule has 2 amide bonds. The topological polar surface area (TPSA) is 94.5 Å². The number of imide groups is 1. The molecular formula is C31H32BrNO7. The SMILES string of the molecule is O=C1c2ccccc2C(=O)N1[C@H]1[C@H](OCCCBr)O[C@H](COCc2ccccc2)[C@@H](O)[C@@H]1OCc1ccccc1. The van der Waals surface area contributed by atoms with Crippen LogP contribution in [0.25, 0.3) is 0 Å². The highest BCUT2D eigenvalue weighted by Crippen LogP contribution is 2.34. The van der Waals surface area contributed by atoms with Crippen molar-refractivity contribution in [2.75, 3.05) is 18.5 Å². The number of carbonyl (C=O) groups excluding carboxylic acids is 2. The maximum Gasteiger partial charge on any atom is 0.262 e. The Hall–Kier alpha value is -2.92. The van der Waals surface area contributed by atoms with E-state index in [4.69, 9.17) is 18.9 Å². The first kappa shape index (κ1) is 28.6. The predicted molar refractivity (Wildman–Crippen MR) is 151 cm³/mol. The van der Waals surface area contributed by atoms with E-state index in [1.54, 1.807) is 24.3 Å². The van der Waals surface area contributed by atoms with E-state index in [0.717, 1.165) is 16.0 Å². The molecule has 2 heterocycles. The molecule has 9 heteroatoms. The maximum absolute atomic E-state index is 13.5. The van der Waals surface area contributed by atoms with Gasteiger partial charge in [0.25, 0.3) is 11.8 Å². The lowest BCUT2D eigenvalue weighted by Gasteiger charge is -2.46. The lowest BCUT2D eigenvalue weighted by molar-refractivity contribution is -0.290. The zero-order valence-corrected chi connectivity index (χ0v) is 23.5. The van der Waals surface area contributed by atoms with Crippen LogP contribution in [0, 0.1) is 0 Å². The molecule has 3 aromatic carbocycles. The number of hydrogen-bond donors (Lipinski definition) is 1. The molecule has 0 aromatic heterocycles. The Kier molecular flexibility index (Phi) is 9.74. The van der Waals surface area contributed by atoms with Gasteiger partial charge in [-0.1, -0.05) is 88.7 Å². The average Bonchev–Trinajstić information content (AvgIpc) is 3.24. The molecule has 0 bridgehead atoms. The summed E-state index contributed by atoms with van der Waals surface area (Å²) in [4.78, 5) is 28.2. The second kappa shape index (κ2) is 13.6. The first-order valence-corrected chi connectivity index (χ1v) is 14.5. The lowest BCUT2D eigenvalue weighted by atomic mass is 9.95. The number of hydrogen-bond acceptors (Lipinski definition) is 7. The number of ether oxygens (including phenoxy) is 4. The minimum Gasteiger partial charge on any atom is -0.388 e. The first-order valence-electron chi connectivity index (χ1n) is 13.3. The Morgan fingerprint density at radius 3 is 1.98 bits per heavy atom. The Morgan fingerprint density at radius 2 is 1.38 bits per heavy atom. The van der Waals surface area contributed by atoms with Crippen molar-refractivity contribution < 1.29 is 33.6 Å². The van der Waals surface area contributed by atoms with Crippen molar-refractivity contribution in [2.24, 2.45) is 0 Å². The van der Waals surface area contributed by atoms with Crippen LogP contribution in [0.4, 0.5) is 0 Å². The molecule has 0 aliphatic carbocycles. The van der Waals surface area contributed by atoms with Crippen LogP contribution in [-0.2, 0) is 32.2 Å². The zero-order chi connectivity index (χ0) is 27.9. The van der Waals surface area contributed by atoms with E-state index in [2.05, 4.69) is 15.9 Å². The quantitative estimate of drug-likeness (QED) is 0.185. The van der Waals surface area contributed by atoms with Gasteiger partial charge in [-0.25, -0.2) is 0 Å². The van der Waals surface area contributed by atoms with E-state index < -0.39 is 42.5 Å². The molecule has 40 heavy (non-hydrogen) atoms. The van der Waals surface area contributed by atoms with Gasteiger partial charge in [-0.3, -0.25) is 14.5 Å². The highest BCUT2D eigenvalue weighted by molar-refractivity contribution is 9.09. The van der Waals surface area contributed by atoms with Crippen LogP contribution in [0.15, 0.2) is 84.9 Å². The van der Waals surface area contributed by atoms with Crippen molar-refractivity contribution in [1.82, 2.24) is 4.90 Å². The zero-order valence-electron chi connectivity index (χ0n) is 21.9. The fourth-order valence-electron chi connectivity index (χ4n) is 5.01. The van der Waals surface area contributed by atoms with Crippen LogP contribution < -0.4 is 0 Å². The van der Waals surface area contributed by atoms with Gasteiger partial charge in [0.2, 0.25) is 0 Å². The molecule has 2 aliphatic heterocycles. The number of halogens is 1. The normalized spacial score (nSPS) is 24.4. The standard InChI is InChI=1S/C31H32BrNO7/c32-16-9-17-38-31-26(33-29(35)23-14-7-8-15-24(23)30(33)36)28(39-19-22-12-5-2-6-13-22)27(34)25(40-31)20-37-18-21-10-3-1-4-11-21/h1-8,10-15,25-28,31,34H,9,16-20H2/t25-,26-,27-,28-,31-/m1/s1. The van der Waals surface area contributed by atoms with Crippen LogP contribution in [0.1, 0.15) is 38.3 Å². The number of aliphatic hydroxyl groups is 1. The summed E-state index contributed by atoms with van der Waals surface area (Å²) in [5.74, 6) is -0.940. The van der Waals surface area contributed by atoms with Gasteiger partial charge < -0.3 is 24.1 Å². The summed E-state index contributed by atoms with van der Waals surface area (Å²) in [6.07, 6.45) is -3.36. The maximum atomic E-state index is 13.5. The second-order valence-corrected chi connectivity index (χ2v) is 10.5. The van der Waals surface area contributed by atoms with E-state index in [9.17, 15) is 14.7 Å². The van der Waals surface area contributed by atoms with Gasteiger partial charge in [-0.2, -0.15) is 0 Å². The van der Waals surface area contributed by atoms with Crippen LogP contribution in [0.2, 0.25) is 0 Å². The summed E-state index contributed by atoms with van der Waals surface area (Å²) in [5, 5.41) is 12.3. The molecule has 1 fully saturated rings. The van der Waals surface area contributed by atoms with E-state index >= 15 is 0 Å². The average molecular weight is 611 g/mol. The minimum absolute atomic E-state index is 0.0639. The molecule has 0 radical (unpaired) electrons. The van der Waals surface area contributed by atoms with Crippen molar-refractivity contribution in [1.29, 1.82) is 0 Å². The number of aliphatic hydroxyl groups excluding tert-OH is 1. The van der Waals surface area contributed by atoms with Gasteiger partial charge >= 0.3 is 0 Å². The van der Waals surface area contributed by atoms with E-state index in [-0.39, 0.29) is 13.2 Å². The Bertz CT molecular complexity index is 1240. The fourth-order valence-corrected chi connectivity index (χ4v) is 5.24. The third kappa shape index (κ3) is 6.35. The number of fused-ring (bicyclic) bond motifs is 1. The van der Waals surface area contributed by atoms with Crippen LogP contribution in [-0.4, -0.2) is 71.0 Å². The van der Waals surface area contributed by atoms with Gasteiger partial charge in [0, 0.05) is 5.33 Å². The van der Waals surface area contributed by atoms with Crippen molar-refractivity contribution in [3.05, 3.63) is 107 Å². The highest BCUT2D eigenvalue weighted by atomic mass is 79.9. The summed E-state index contributed by atoms with van der Waals surface area (Å²) in [6, 6.07) is 24.9. The molecular weight excluding hydrogens is 578 g/mol. The summed E-state index contributed by atoms with van der Waals surface area (Å²) >= 11 is 3.41. The third-order valence-corrected chi connectivity index (χ3v) is 7.57. The highest BCUT2D eigenvalue weighted by Gasteiger charge is 2.54. The van der Waals surface area contributed by atoms with Crippen molar-refractivity contribution >= 4 is 27.7 Å². The molecule has 5 atom stereocenters. The fraction of sp³-hybridized carbons (Fsp3) is 0.355. The molecule has 0 saturated carbocycles. The van der Waals surface area contributed by atoms with Gasteiger partial charge in [-0.15, -0.1) is 0 Å². The third-order valence-electron chi connectivity index (χ3n) is 7.00. The molecule has 3 aromatic rings. The molecule has 8 nitrogen and oxygen atoms in total. The molecule has 1 saturated heterocycles.